The minimum Gasteiger partial charge on any atom is -0.358 e. The Kier molecular flexibility index (Phi) is 4.63. The number of carbonyl (C=O) groups is 1. The standard InChI is InChI=1S/C12H16N2O3S/c1-4-10-5-7-11(8-6-10)18(16,17)14-9(2)12(15)13-3/h4-9,14H,1H2,2-3H3,(H,13,15)/t9-/m1/s1. The first-order chi connectivity index (χ1) is 8.40. The molecule has 2 N–H and O–H groups in total. The first-order valence-corrected chi connectivity index (χ1v) is 6.85. The van der Waals surface area contributed by atoms with Crippen molar-refractivity contribution in [2.45, 2.75) is 17.9 Å². The van der Waals surface area contributed by atoms with Crippen LogP contribution >= 0.6 is 0 Å². The Hall–Kier alpha value is -1.66. The van der Waals surface area contributed by atoms with Crippen LogP contribution in [0.2, 0.25) is 0 Å². The highest BCUT2D eigenvalue weighted by atomic mass is 32.2. The largest absolute Gasteiger partial charge is 0.358 e. The molecule has 18 heavy (non-hydrogen) atoms. The third-order valence-corrected chi connectivity index (χ3v) is 3.95. The first kappa shape index (κ1) is 14.4. The van der Waals surface area contributed by atoms with Crippen molar-refractivity contribution in [1.82, 2.24) is 10.0 Å². The summed E-state index contributed by atoms with van der Waals surface area (Å²) < 4.78 is 26.2. The maximum absolute atomic E-state index is 11.9. The monoisotopic (exact) mass is 268 g/mol. The van der Waals surface area contributed by atoms with E-state index < -0.39 is 16.1 Å². The lowest BCUT2D eigenvalue weighted by atomic mass is 10.2. The van der Waals surface area contributed by atoms with Crippen LogP contribution in [0.5, 0.6) is 0 Å². The third-order valence-electron chi connectivity index (χ3n) is 2.40. The van der Waals surface area contributed by atoms with Gasteiger partial charge in [-0.2, -0.15) is 4.72 Å². The summed E-state index contributed by atoms with van der Waals surface area (Å²) in [5.41, 5.74) is 0.827. The van der Waals surface area contributed by atoms with Gasteiger partial charge in [-0.25, -0.2) is 8.42 Å². The van der Waals surface area contributed by atoms with E-state index in [9.17, 15) is 13.2 Å². The number of hydrogen-bond donors (Lipinski definition) is 2. The molecule has 0 aliphatic heterocycles. The van der Waals surface area contributed by atoms with Crippen molar-refractivity contribution in [3.05, 3.63) is 36.4 Å². The second kappa shape index (κ2) is 5.79. The maximum Gasteiger partial charge on any atom is 0.241 e. The first-order valence-electron chi connectivity index (χ1n) is 5.37. The molecule has 0 fully saturated rings. The number of amides is 1. The molecule has 0 unspecified atom stereocenters. The highest BCUT2D eigenvalue weighted by molar-refractivity contribution is 7.89. The number of carbonyl (C=O) groups excluding carboxylic acids is 1. The molecule has 5 nitrogen and oxygen atoms in total. The van der Waals surface area contributed by atoms with Gasteiger partial charge in [-0.3, -0.25) is 4.79 Å². The normalized spacial score (nSPS) is 12.8. The molecule has 98 valence electrons. The zero-order valence-electron chi connectivity index (χ0n) is 10.3. The van der Waals surface area contributed by atoms with Crippen LogP contribution in [-0.4, -0.2) is 27.4 Å². The molecule has 1 atom stereocenters. The van der Waals surface area contributed by atoms with Crippen molar-refractivity contribution < 1.29 is 13.2 Å². The lowest BCUT2D eigenvalue weighted by Gasteiger charge is -2.12. The second-order valence-corrected chi connectivity index (χ2v) is 5.44. The third kappa shape index (κ3) is 3.41. The van der Waals surface area contributed by atoms with Crippen LogP contribution in [0, 0.1) is 0 Å². The van der Waals surface area contributed by atoms with Crippen LogP contribution < -0.4 is 10.0 Å². The Morgan fingerprint density at radius 1 is 1.33 bits per heavy atom. The Bertz CT molecular complexity index is 535. The summed E-state index contributed by atoms with van der Waals surface area (Å²) in [6.07, 6.45) is 1.62. The van der Waals surface area contributed by atoms with E-state index in [-0.39, 0.29) is 10.8 Å². The van der Waals surface area contributed by atoms with Gasteiger partial charge in [0.1, 0.15) is 0 Å². The number of benzene rings is 1. The highest BCUT2D eigenvalue weighted by Gasteiger charge is 2.20. The van der Waals surface area contributed by atoms with E-state index in [1.807, 2.05) is 0 Å². The van der Waals surface area contributed by atoms with E-state index in [0.717, 1.165) is 5.56 Å². The van der Waals surface area contributed by atoms with Crippen molar-refractivity contribution in [2.75, 3.05) is 7.05 Å². The van der Waals surface area contributed by atoms with E-state index in [0.29, 0.717) is 0 Å². The minimum atomic E-state index is -3.68. The van der Waals surface area contributed by atoms with E-state index >= 15 is 0 Å². The Morgan fingerprint density at radius 3 is 2.33 bits per heavy atom. The lowest BCUT2D eigenvalue weighted by molar-refractivity contribution is -0.121. The molecule has 0 aliphatic carbocycles. The fourth-order valence-electron chi connectivity index (χ4n) is 1.35. The van der Waals surface area contributed by atoms with Crippen molar-refractivity contribution >= 4 is 22.0 Å². The van der Waals surface area contributed by atoms with E-state index in [4.69, 9.17) is 0 Å². The molecule has 0 saturated carbocycles. The van der Waals surface area contributed by atoms with Gasteiger partial charge < -0.3 is 5.32 Å². The number of sulfonamides is 1. The second-order valence-electron chi connectivity index (χ2n) is 3.73. The number of nitrogens with one attached hydrogen (secondary N) is 2. The molecular formula is C12H16N2O3S. The molecule has 0 aliphatic rings. The van der Waals surface area contributed by atoms with Crippen molar-refractivity contribution in [1.29, 1.82) is 0 Å². The summed E-state index contributed by atoms with van der Waals surface area (Å²) in [6, 6.07) is 5.41. The Labute approximate surface area is 107 Å². The van der Waals surface area contributed by atoms with Crippen LogP contribution in [0.1, 0.15) is 12.5 Å². The van der Waals surface area contributed by atoms with Gasteiger partial charge >= 0.3 is 0 Å². The van der Waals surface area contributed by atoms with Crippen molar-refractivity contribution in [3.63, 3.8) is 0 Å². The minimum absolute atomic E-state index is 0.115. The number of rotatable bonds is 5. The molecule has 6 heteroatoms. The van der Waals surface area contributed by atoms with E-state index in [2.05, 4.69) is 16.6 Å². The van der Waals surface area contributed by atoms with Crippen LogP contribution in [0.25, 0.3) is 6.08 Å². The van der Waals surface area contributed by atoms with Crippen molar-refractivity contribution in [3.8, 4) is 0 Å². The smallest absolute Gasteiger partial charge is 0.241 e. The molecule has 0 aromatic heterocycles. The van der Waals surface area contributed by atoms with Crippen molar-refractivity contribution in [2.24, 2.45) is 0 Å². The topological polar surface area (TPSA) is 75.3 Å². The molecule has 0 spiro atoms. The summed E-state index contributed by atoms with van der Waals surface area (Å²) in [5, 5.41) is 2.38. The zero-order chi connectivity index (χ0) is 13.8. The summed E-state index contributed by atoms with van der Waals surface area (Å²) in [7, 11) is -2.23. The fraction of sp³-hybridized carbons (Fsp3) is 0.250. The van der Waals surface area contributed by atoms with Crippen LogP contribution in [0.4, 0.5) is 0 Å². The maximum atomic E-state index is 11.9. The quantitative estimate of drug-likeness (QED) is 0.827. The molecule has 0 bridgehead atoms. The van der Waals surface area contributed by atoms with E-state index in [1.54, 1.807) is 18.2 Å². The van der Waals surface area contributed by atoms with Gasteiger partial charge in [-0.1, -0.05) is 24.8 Å². The van der Waals surface area contributed by atoms with Crippen LogP contribution in [0.3, 0.4) is 0 Å². The Balaban J connectivity index is 2.92. The molecule has 1 amide bonds. The summed E-state index contributed by atoms with van der Waals surface area (Å²) in [4.78, 5) is 11.4. The van der Waals surface area contributed by atoms with Gasteiger partial charge in [0, 0.05) is 7.05 Å². The average molecular weight is 268 g/mol. The van der Waals surface area contributed by atoms with Gasteiger partial charge in [-0.15, -0.1) is 0 Å². The van der Waals surface area contributed by atoms with E-state index in [1.165, 1.54) is 26.1 Å². The Morgan fingerprint density at radius 2 is 1.89 bits per heavy atom. The lowest BCUT2D eigenvalue weighted by Crippen LogP contribution is -2.43. The zero-order valence-corrected chi connectivity index (χ0v) is 11.1. The molecule has 0 saturated heterocycles. The van der Waals surface area contributed by atoms with Crippen LogP contribution in [-0.2, 0) is 14.8 Å². The predicted molar refractivity (Wildman–Crippen MR) is 70.4 cm³/mol. The molecule has 1 rings (SSSR count). The van der Waals surface area contributed by atoms with Gasteiger partial charge in [-0.05, 0) is 24.6 Å². The van der Waals surface area contributed by atoms with Gasteiger partial charge in [0.15, 0.2) is 0 Å². The van der Waals surface area contributed by atoms with Gasteiger partial charge in [0.05, 0.1) is 10.9 Å². The summed E-state index contributed by atoms with van der Waals surface area (Å²) in [5.74, 6) is -0.388. The molecule has 0 heterocycles. The SMILES string of the molecule is C=Cc1ccc(S(=O)(=O)N[C@H](C)C(=O)NC)cc1. The van der Waals surface area contributed by atoms with Gasteiger partial charge in [0.2, 0.25) is 15.9 Å². The number of hydrogen-bond acceptors (Lipinski definition) is 3. The molecular weight excluding hydrogens is 252 g/mol. The van der Waals surface area contributed by atoms with Gasteiger partial charge in [0.25, 0.3) is 0 Å². The molecule has 0 radical (unpaired) electrons. The molecule has 1 aromatic carbocycles. The predicted octanol–water partition coefficient (Wildman–Crippen LogP) is 0.742. The highest BCUT2D eigenvalue weighted by Crippen LogP contribution is 2.11. The summed E-state index contributed by atoms with van der Waals surface area (Å²) in [6.45, 7) is 5.07. The average Bonchev–Trinajstić information content (AvgIpc) is 2.37. The van der Waals surface area contributed by atoms with Crippen LogP contribution in [0.15, 0.2) is 35.7 Å². The fourth-order valence-corrected chi connectivity index (χ4v) is 2.56. The molecule has 1 aromatic rings. The number of likely N-dealkylation sites (N-methyl/N-ethyl adjacent to an activating group) is 1. The summed E-state index contributed by atoms with van der Waals surface area (Å²) >= 11 is 0.